The number of nitrogens with zero attached hydrogens (tertiary/aromatic N) is 2. The minimum absolute atomic E-state index is 0.162. The maximum atomic E-state index is 11.9. The molecule has 0 atom stereocenters. The number of pyridine rings is 1. The van der Waals surface area contributed by atoms with E-state index in [4.69, 9.17) is 4.74 Å². The highest BCUT2D eigenvalue weighted by molar-refractivity contribution is 5.97. The molecule has 0 bridgehead atoms. The van der Waals surface area contributed by atoms with E-state index in [1.165, 1.54) is 7.11 Å². The molecule has 0 amide bonds. The average Bonchev–Trinajstić information content (AvgIpc) is 3.12. The van der Waals surface area contributed by atoms with Crippen LogP contribution in [-0.2, 0) is 16.0 Å². The number of rotatable bonds is 4. The fourth-order valence-corrected chi connectivity index (χ4v) is 3.11. The Morgan fingerprint density at radius 2 is 2.08 bits per heavy atom. The number of carbonyl (C=O) groups excluding carboxylic acids is 1. The monoisotopic (exact) mass is 346 g/mol. The molecule has 2 heterocycles. The topological polar surface area (TPSA) is 79.9 Å². The summed E-state index contributed by atoms with van der Waals surface area (Å²) >= 11 is 0. The van der Waals surface area contributed by atoms with Gasteiger partial charge >= 0.3 is 5.97 Å². The molecule has 6 nitrogen and oxygen atoms in total. The van der Waals surface area contributed by atoms with Gasteiger partial charge in [-0.2, -0.15) is 5.10 Å². The number of aromatic nitrogens is 3. The van der Waals surface area contributed by atoms with Gasteiger partial charge in [0.05, 0.1) is 36.4 Å². The number of aryl methyl sites for hydroxylation is 1. The molecule has 4 rings (SSSR count). The van der Waals surface area contributed by atoms with E-state index in [2.05, 4.69) is 20.5 Å². The number of aromatic amines is 1. The number of ether oxygens (including phenoxy) is 1. The molecule has 26 heavy (non-hydrogen) atoms. The van der Waals surface area contributed by atoms with Crippen molar-refractivity contribution in [1.29, 1.82) is 0 Å². The first-order valence-electron chi connectivity index (χ1n) is 8.31. The van der Waals surface area contributed by atoms with Crippen LogP contribution in [0.5, 0.6) is 0 Å². The summed E-state index contributed by atoms with van der Waals surface area (Å²) in [6, 6.07) is 13.9. The van der Waals surface area contributed by atoms with Crippen molar-refractivity contribution in [2.75, 3.05) is 12.4 Å². The zero-order valence-corrected chi connectivity index (χ0v) is 14.5. The zero-order chi connectivity index (χ0) is 18.1. The van der Waals surface area contributed by atoms with E-state index in [-0.39, 0.29) is 12.4 Å². The van der Waals surface area contributed by atoms with Gasteiger partial charge in [0.1, 0.15) is 0 Å². The Morgan fingerprint density at radius 3 is 2.92 bits per heavy atom. The van der Waals surface area contributed by atoms with Gasteiger partial charge in [-0.05, 0) is 31.2 Å². The van der Waals surface area contributed by atoms with Gasteiger partial charge in [-0.1, -0.05) is 18.2 Å². The first kappa shape index (κ1) is 16.1. The largest absolute Gasteiger partial charge is 0.469 e. The highest BCUT2D eigenvalue weighted by Gasteiger charge is 2.16. The molecule has 0 saturated heterocycles. The lowest BCUT2D eigenvalue weighted by molar-refractivity contribution is -0.139. The van der Waals surface area contributed by atoms with Gasteiger partial charge in [-0.3, -0.25) is 14.9 Å². The van der Waals surface area contributed by atoms with E-state index in [1.54, 1.807) is 6.20 Å². The van der Waals surface area contributed by atoms with Crippen LogP contribution < -0.4 is 5.32 Å². The summed E-state index contributed by atoms with van der Waals surface area (Å²) in [6.45, 7) is 1.91. The normalized spacial score (nSPS) is 11.0. The number of anilines is 2. The first-order chi connectivity index (χ1) is 12.7. The molecule has 2 aromatic heterocycles. The van der Waals surface area contributed by atoms with Crippen LogP contribution in [0.1, 0.15) is 11.3 Å². The third-order valence-corrected chi connectivity index (χ3v) is 4.46. The van der Waals surface area contributed by atoms with Crippen molar-refractivity contribution in [2.45, 2.75) is 13.3 Å². The van der Waals surface area contributed by atoms with E-state index in [0.717, 1.165) is 44.4 Å². The number of carbonyl (C=O) groups is 1. The van der Waals surface area contributed by atoms with Gasteiger partial charge in [0.2, 0.25) is 0 Å². The predicted molar refractivity (Wildman–Crippen MR) is 102 cm³/mol. The van der Waals surface area contributed by atoms with Crippen LogP contribution in [0.3, 0.4) is 0 Å². The van der Waals surface area contributed by atoms with Crippen molar-refractivity contribution in [3.8, 4) is 0 Å². The Bertz CT molecular complexity index is 1120. The summed E-state index contributed by atoms with van der Waals surface area (Å²) in [7, 11) is 1.39. The fraction of sp³-hybridized carbons (Fsp3) is 0.150. The average molecular weight is 346 g/mol. The Morgan fingerprint density at radius 1 is 1.23 bits per heavy atom. The Hall–Kier alpha value is -3.41. The molecule has 0 unspecified atom stereocenters. The van der Waals surface area contributed by atoms with Gasteiger partial charge in [0.15, 0.2) is 0 Å². The fourth-order valence-electron chi connectivity index (χ4n) is 3.11. The molecule has 0 aliphatic rings. The zero-order valence-electron chi connectivity index (χ0n) is 14.5. The van der Waals surface area contributed by atoms with Gasteiger partial charge in [0, 0.05) is 27.7 Å². The van der Waals surface area contributed by atoms with Crippen LogP contribution in [-0.4, -0.2) is 28.3 Å². The van der Waals surface area contributed by atoms with E-state index < -0.39 is 0 Å². The second kappa shape index (κ2) is 6.48. The van der Waals surface area contributed by atoms with Crippen molar-refractivity contribution in [1.82, 2.24) is 15.2 Å². The van der Waals surface area contributed by atoms with Crippen LogP contribution in [0.2, 0.25) is 0 Å². The molecule has 6 heteroatoms. The maximum Gasteiger partial charge on any atom is 0.310 e. The SMILES string of the molecule is COC(=O)Cc1c(C)nc2ccccc2c1Nc1ccc2cn[nH]c2c1. The highest BCUT2D eigenvalue weighted by atomic mass is 16.5. The van der Waals surface area contributed by atoms with E-state index in [1.807, 2.05) is 49.4 Å². The standard InChI is InChI=1S/C20H18N4O2/c1-12-16(10-19(25)26-2)20(15-5-3-4-6-17(15)22-12)23-14-8-7-13-11-21-24-18(13)9-14/h3-9,11H,10H2,1-2H3,(H,21,24)(H,22,23). The Labute approximate surface area is 150 Å². The third kappa shape index (κ3) is 2.86. The molecule has 130 valence electrons. The summed E-state index contributed by atoms with van der Waals surface area (Å²) in [5.41, 5.74) is 5.24. The lowest BCUT2D eigenvalue weighted by Crippen LogP contribution is -2.10. The first-order valence-corrected chi connectivity index (χ1v) is 8.31. The van der Waals surface area contributed by atoms with Crippen LogP contribution in [0, 0.1) is 6.92 Å². The second-order valence-electron chi connectivity index (χ2n) is 6.12. The quantitative estimate of drug-likeness (QED) is 0.548. The number of fused-ring (bicyclic) bond motifs is 2. The number of H-pyrrole nitrogens is 1. The lowest BCUT2D eigenvalue weighted by Gasteiger charge is -2.17. The van der Waals surface area contributed by atoms with Gasteiger partial charge < -0.3 is 10.1 Å². The third-order valence-electron chi connectivity index (χ3n) is 4.46. The number of hydrogen-bond donors (Lipinski definition) is 2. The molecule has 0 saturated carbocycles. The molecule has 0 aliphatic carbocycles. The predicted octanol–water partition coefficient (Wildman–Crippen LogP) is 3.88. The summed E-state index contributed by atoms with van der Waals surface area (Å²) in [5.74, 6) is -0.294. The van der Waals surface area contributed by atoms with E-state index in [9.17, 15) is 4.79 Å². The molecule has 0 fully saturated rings. The molecule has 0 aliphatic heterocycles. The Balaban J connectivity index is 1.87. The summed E-state index contributed by atoms with van der Waals surface area (Å²) in [6.07, 6.45) is 1.95. The molecule has 0 spiro atoms. The summed E-state index contributed by atoms with van der Waals surface area (Å²) < 4.78 is 4.87. The van der Waals surface area contributed by atoms with Crippen molar-refractivity contribution >= 4 is 39.1 Å². The number of benzene rings is 2. The number of hydrogen-bond acceptors (Lipinski definition) is 5. The minimum Gasteiger partial charge on any atom is -0.469 e. The van der Waals surface area contributed by atoms with Crippen LogP contribution in [0.15, 0.2) is 48.7 Å². The van der Waals surface area contributed by atoms with Crippen molar-refractivity contribution < 1.29 is 9.53 Å². The summed E-state index contributed by atoms with van der Waals surface area (Å²) in [5, 5.41) is 12.5. The van der Waals surface area contributed by atoms with E-state index >= 15 is 0 Å². The minimum atomic E-state index is -0.294. The van der Waals surface area contributed by atoms with Crippen molar-refractivity contribution in [3.05, 3.63) is 59.9 Å². The second-order valence-corrected chi connectivity index (χ2v) is 6.12. The molecule has 2 aromatic carbocycles. The van der Waals surface area contributed by atoms with Gasteiger partial charge in [0.25, 0.3) is 0 Å². The van der Waals surface area contributed by atoms with Crippen LogP contribution >= 0.6 is 0 Å². The summed E-state index contributed by atoms with van der Waals surface area (Å²) in [4.78, 5) is 16.6. The highest BCUT2D eigenvalue weighted by Crippen LogP contribution is 2.32. The van der Waals surface area contributed by atoms with Crippen LogP contribution in [0.4, 0.5) is 11.4 Å². The van der Waals surface area contributed by atoms with Gasteiger partial charge in [-0.25, -0.2) is 0 Å². The van der Waals surface area contributed by atoms with Crippen molar-refractivity contribution in [2.24, 2.45) is 0 Å². The maximum absolute atomic E-state index is 11.9. The number of para-hydroxylation sites is 1. The number of methoxy groups -OCH3 is 1. The number of nitrogens with one attached hydrogen (secondary N) is 2. The molecule has 0 radical (unpaired) electrons. The van der Waals surface area contributed by atoms with Crippen LogP contribution in [0.25, 0.3) is 21.8 Å². The van der Waals surface area contributed by atoms with Crippen molar-refractivity contribution in [3.63, 3.8) is 0 Å². The van der Waals surface area contributed by atoms with E-state index in [0.29, 0.717) is 0 Å². The number of esters is 1. The lowest BCUT2D eigenvalue weighted by atomic mass is 10.0. The molecular formula is C20H18N4O2. The molecular weight excluding hydrogens is 328 g/mol. The molecule has 4 aromatic rings. The Kier molecular flexibility index (Phi) is 4.01. The molecule has 2 N–H and O–H groups in total. The van der Waals surface area contributed by atoms with Gasteiger partial charge in [-0.15, -0.1) is 0 Å². The smallest absolute Gasteiger partial charge is 0.310 e.